The molecule has 106 valence electrons. The fraction of sp³-hybridized carbons (Fsp3) is 0.333. The molecule has 1 aromatic heterocycles. The molecule has 0 amide bonds. The Hall–Kier alpha value is -0.910. The molecule has 1 heterocycles. The fourth-order valence-corrected chi connectivity index (χ4v) is 2.59. The first-order chi connectivity index (χ1) is 9.63. The van der Waals surface area contributed by atoms with Gasteiger partial charge in [-0.25, -0.2) is 9.97 Å². The molecule has 0 fully saturated rings. The molecule has 0 radical (unpaired) electrons. The normalized spacial score (nSPS) is 11.0. The van der Waals surface area contributed by atoms with Crippen LogP contribution >= 0.6 is 27.7 Å². The van der Waals surface area contributed by atoms with E-state index in [9.17, 15) is 0 Å². The van der Waals surface area contributed by atoms with E-state index in [-0.39, 0.29) is 0 Å². The number of hydrogen-bond acceptors (Lipinski definition) is 4. The second kappa shape index (κ2) is 7.76. The summed E-state index contributed by atoms with van der Waals surface area (Å²) in [4.78, 5) is 10.0. The predicted molar refractivity (Wildman–Crippen MR) is 87.7 cm³/mol. The summed E-state index contributed by atoms with van der Waals surface area (Å²) >= 11 is 5.18. The lowest BCUT2D eigenvalue weighted by Crippen LogP contribution is -2.22. The number of benzene rings is 1. The molecule has 0 saturated heterocycles. The monoisotopic (exact) mass is 351 g/mol. The molecule has 5 heteroatoms. The van der Waals surface area contributed by atoms with Crippen LogP contribution in [0, 0.1) is 0 Å². The summed E-state index contributed by atoms with van der Waals surface area (Å²) < 4.78 is 1.10. The molecule has 0 atom stereocenters. The molecule has 2 rings (SSSR count). The molecule has 1 aromatic carbocycles. The molecule has 0 aliphatic heterocycles. The molecule has 3 nitrogen and oxygen atoms in total. The lowest BCUT2D eigenvalue weighted by molar-refractivity contribution is 0.586. The average Bonchev–Trinajstić information content (AvgIpc) is 2.45. The SMILES string of the molecule is CC(C)NCc1cnc(CSc2ccc(Br)cc2)nc1. The highest BCUT2D eigenvalue weighted by atomic mass is 79.9. The number of aromatic nitrogens is 2. The zero-order chi connectivity index (χ0) is 14.4. The first-order valence-corrected chi connectivity index (χ1v) is 8.33. The maximum atomic E-state index is 4.41. The summed E-state index contributed by atoms with van der Waals surface area (Å²) in [5.74, 6) is 1.66. The second-order valence-electron chi connectivity index (χ2n) is 4.79. The number of nitrogens with one attached hydrogen (secondary N) is 1. The molecule has 0 aliphatic rings. The highest BCUT2D eigenvalue weighted by Gasteiger charge is 2.01. The van der Waals surface area contributed by atoms with Gasteiger partial charge in [0.15, 0.2) is 0 Å². The van der Waals surface area contributed by atoms with E-state index in [4.69, 9.17) is 0 Å². The number of nitrogens with zero attached hydrogens (tertiary/aromatic N) is 2. The Kier molecular flexibility index (Phi) is 6.01. The molecule has 20 heavy (non-hydrogen) atoms. The summed E-state index contributed by atoms with van der Waals surface area (Å²) in [6, 6.07) is 8.75. The van der Waals surface area contributed by atoms with Gasteiger partial charge in [-0.2, -0.15) is 0 Å². The molecule has 1 N–H and O–H groups in total. The lowest BCUT2D eigenvalue weighted by atomic mass is 10.3. The fourth-order valence-electron chi connectivity index (χ4n) is 1.55. The van der Waals surface area contributed by atoms with Gasteiger partial charge in [-0.3, -0.25) is 0 Å². The number of halogens is 1. The van der Waals surface area contributed by atoms with Crippen LogP contribution in [0.25, 0.3) is 0 Å². The molecule has 2 aromatic rings. The molecule has 0 unspecified atom stereocenters. The number of hydrogen-bond donors (Lipinski definition) is 1. The first-order valence-electron chi connectivity index (χ1n) is 6.55. The van der Waals surface area contributed by atoms with Crippen LogP contribution in [0.15, 0.2) is 46.0 Å². The van der Waals surface area contributed by atoms with Crippen molar-refractivity contribution in [3.8, 4) is 0 Å². The van der Waals surface area contributed by atoms with Crippen molar-refractivity contribution in [1.29, 1.82) is 0 Å². The Bertz CT molecular complexity index is 526. The summed E-state index contributed by atoms with van der Waals surface area (Å²) in [6.45, 7) is 5.08. The number of thioether (sulfide) groups is 1. The van der Waals surface area contributed by atoms with E-state index in [2.05, 4.69) is 57.2 Å². The summed E-state index contributed by atoms with van der Waals surface area (Å²) in [5, 5.41) is 3.35. The van der Waals surface area contributed by atoms with Crippen molar-refractivity contribution >= 4 is 27.7 Å². The standard InChI is InChI=1S/C15H18BrN3S/c1-11(2)17-7-12-8-18-15(19-9-12)10-20-14-5-3-13(16)4-6-14/h3-6,8-9,11,17H,7,10H2,1-2H3. The van der Waals surface area contributed by atoms with Crippen LogP contribution in [0.4, 0.5) is 0 Å². The van der Waals surface area contributed by atoms with Gasteiger partial charge in [0.05, 0.1) is 5.75 Å². The maximum absolute atomic E-state index is 4.41. The molecule has 0 aliphatic carbocycles. The van der Waals surface area contributed by atoms with Crippen LogP contribution in [0.1, 0.15) is 25.2 Å². The zero-order valence-electron chi connectivity index (χ0n) is 11.6. The minimum absolute atomic E-state index is 0.475. The number of rotatable bonds is 6. The predicted octanol–water partition coefficient (Wildman–Crippen LogP) is 4.03. The Morgan fingerprint density at radius 3 is 2.40 bits per heavy atom. The maximum Gasteiger partial charge on any atom is 0.138 e. The Balaban J connectivity index is 1.85. The average molecular weight is 352 g/mol. The van der Waals surface area contributed by atoms with Gasteiger partial charge >= 0.3 is 0 Å². The third-order valence-electron chi connectivity index (χ3n) is 2.65. The van der Waals surface area contributed by atoms with Crippen LogP contribution in [0.2, 0.25) is 0 Å². The highest BCUT2D eigenvalue weighted by molar-refractivity contribution is 9.10. The van der Waals surface area contributed by atoms with Gasteiger partial charge in [-0.1, -0.05) is 29.8 Å². The molecule has 0 bridgehead atoms. The van der Waals surface area contributed by atoms with E-state index in [1.165, 1.54) is 4.90 Å². The van der Waals surface area contributed by atoms with E-state index in [1.807, 2.05) is 24.5 Å². The van der Waals surface area contributed by atoms with Crippen LogP contribution in [-0.2, 0) is 12.3 Å². The Morgan fingerprint density at radius 2 is 1.80 bits per heavy atom. The molecule has 0 spiro atoms. The van der Waals surface area contributed by atoms with Gasteiger partial charge in [0.2, 0.25) is 0 Å². The van der Waals surface area contributed by atoms with Gasteiger partial charge < -0.3 is 5.32 Å². The van der Waals surface area contributed by atoms with Crippen molar-refractivity contribution in [2.75, 3.05) is 0 Å². The van der Waals surface area contributed by atoms with E-state index >= 15 is 0 Å². The van der Waals surface area contributed by atoms with Crippen LogP contribution in [-0.4, -0.2) is 16.0 Å². The Morgan fingerprint density at radius 1 is 1.15 bits per heavy atom. The van der Waals surface area contributed by atoms with E-state index < -0.39 is 0 Å². The molecular formula is C15H18BrN3S. The largest absolute Gasteiger partial charge is 0.310 e. The first kappa shape index (κ1) is 15.5. The third kappa shape index (κ3) is 5.23. The minimum Gasteiger partial charge on any atom is -0.310 e. The van der Waals surface area contributed by atoms with Gasteiger partial charge in [-0.15, -0.1) is 11.8 Å². The van der Waals surface area contributed by atoms with Crippen molar-refractivity contribution in [3.05, 3.63) is 52.5 Å². The van der Waals surface area contributed by atoms with Gasteiger partial charge in [0.1, 0.15) is 5.82 Å². The Labute approximate surface area is 132 Å². The van der Waals surface area contributed by atoms with E-state index in [1.54, 1.807) is 11.8 Å². The second-order valence-corrected chi connectivity index (χ2v) is 6.75. The minimum atomic E-state index is 0.475. The van der Waals surface area contributed by atoms with Crippen molar-refractivity contribution in [2.24, 2.45) is 0 Å². The smallest absolute Gasteiger partial charge is 0.138 e. The summed E-state index contributed by atoms with van der Waals surface area (Å²) in [6.07, 6.45) is 3.81. The van der Waals surface area contributed by atoms with Crippen molar-refractivity contribution < 1.29 is 0 Å². The van der Waals surface area contributed by atoms with Crippen LogP contribution in [0.5, 0.6) is 0 Å². The van der Waals surface area contributed by atoms with Gasteiger partial charge in [0.25, 0.3) is 0 Å². The van der Waals surface area contributed by atoms with Gasteiger partial charge in [0, 0.05) is 39.9 Å². The summed E-state index contributed by atoms with van der Waals surface area (Å²) in [5.41, 5.74) is 1.12. The topological polar surface area (TPSA) is 37.8 Å². The molecule has 0 saturated carbocycles. The quantitative estimate of drug-likeness (QED) is 0.797. The van der Waals surface area contributed by atoms with E-state index in [0.29, 0.717) is 6.04 Å². The van der Waals surface area contributed by atoms with Gasteiger partial charge in [-0.05, 0) is 24.3 Å². The molecular weight excluding hydrogens is 334 g/mol. The van der Waals surface area contributed by atoms with E-state index in [0.717, 1.165) is 28.2 Å². The van der Waals surface area contributed by atoms with Crippen molar-refractivity contribution in [1.82, 2.24) is 15.3 Å². The lowest BCUT2D eigenvalue weighted by Gasteiger charge is -2.07. The van der Waals surface area contributed by atoms with Crippen LogP contribution in [0.3, 0.4) is 0 Å². The highest BCUT2D eigenvalue weighted by Crippen LogP contribution is 2.23. The summed E-state index contributed by atoms with van der Waals surface area (Å²) in [7, 11) is 0. The zero-order valence-corrected chi connectivity index (χ0v) is 14.0. The van der Waals surface area contributed by atoms with Crippen molar-refractivity contribution in [3.63, 3.8) is 0 Å². The van der Waals surface area contributed by atoms with Crippen molar-refractivity contribution in [2.45, 2.75) is 37.1 Å². The third-order valence-corrected chi connectivity index (χ3v) is 4.19. The van der Waals surface area contributed by atoms with Crippen LogP contribution < -0.4 is 5.32 Å².